The zero-order chi connectivity index (χ0) is 15.2. The highest BCUT2D eigenvalue weighted by Gasteiger charge is 2.31. The van der Waals surface area contributed by atoms with E-state index < -0.39 is 18.2 Å². The maximum atomic E-state index is 12.7. The molecule has 1 heterocycles. The van der Waals surface area contributed by atoms with Crippen LogP contribution < -0.4 is 10.6 Å². The SMILES string of the molecule is O=C(CN[C@@H]1COC[C@@H](O)[C@H]1O)NCc1ccc(F)cc1. The number of amides is 1. The Morgan fingerprint density at radius 3 is 2.71 bits per heavy atom. The summed E-state index contributed by atoms with van der Waals surface area (Å²) in [5.74, 6) is -0.580. The Hall–Kier alpha value is -1.54. The molecule has 3 atom stereocenters. The zero-order valence-electron chi connectivity index (χ0n) is 11.5. The largest absolute Gasteiger partial charge is 0.389 e. The van der Waals surface area contributed by atoms with E-state index in [-0.39, 0.29) is 31.5 Å². The van der Waals surface area contributed by atoms with Crippen LogP contribution in [0.2, 0.25) is 0 Å². The van der Waals surface area contributed by atoms with Crippen molar-refractivity contribution < 1.29 is 24.1 Å². The van der Waals surface area contributed by atoms with Crippen molar-refractivity contribution in [2.24, 2.45) is 0 Å². The Morgan fingerprint density at radius 2 is 2.00 bits per heavy atom. The number of aliphatic hydroxyl groups excluding tert-OH is 2. The van der Waals surface area contributed by atoms with Gasteiger partial charge in [0.2, 0.25) is 5.91 Å². The summed E-state index contributed by atoms with van der Waals surface area (Å²) in [5, 5.41) is 24.7. The van der Waals surface area contributed by atoms with E-state index in [1.165, 1.54) is 12.1 Å². The first-order chi connectivity index (χ1) is 10.1. The number of carbonyl (C=O) groups is 1. The number of ether oxygens (including phenoxy) is 1. The van der Waals surface area contributed by atoms with Crippen LogP contribution in [-0.4, -0.2) is 54.1 Å². The van der Waals surface area contributed by atoms with Gasteiger partial charge in [-0.25, -0.2) is 4.39 Å². The van der Waals surface area contributed by atoms with Crippen LogP contribution in [0, 0.1) is 5.82 Å². The van der Waals surface area contributed by atoms with Gasteiger partial charge in [-0.1, -0.05) is 12.1 Å². The third kappa shape index (κ3) is 4.75. The fourth-order valence-electron chi connectivity index (χ4n) is 2.05. The number of rotatable bonds is 5. The van der Waals surface area contributed by atoms with Crippen LogP contribution in [0.15, 0.2) is 24.3 Å². The van der Waals surface area contributed by atoms with Crippen LogP contribution in [0.5, 0.6) is 0 Å². The maximum absolute atomic E-state index is 12.7. The molecule has 1 amide bonds. The van der Waals surface area contributed by atoms with Crippen LogP contribution >= 0.6 is 0 Å². The highest BCUT2D eigenvalue weighted by atomic mass is 19.1. The second-order valence-corrected chi connectivity index (χ2v) is 4.99. The molecule has 1 aromatic carbocycles. The normalized spacial score (nSPS) is 25.6. The molecule has 0 unspecified atom stereocenters. The molecule has 0 radical (unpaired) electrons. The lowest BCUT2D eigenvalue weighted by Gasteiger charge is -2.32. The first-order valence-corrected chi connectivity index (χ1v) is 6.74. The lowest BCUT2D eigenvalue weighted by molar-refractivity contribution is -0.123. The molecule has 7 heteroatoms. The predicted molar refractivity (Wildman–Crippen MR) is 72.9 cm³/mol. The Bertz CT molecular complexity index is 469. The fraction of sp³-hybridized carbons (Fsp3) is 0.500. The van der Waals surface area contributed by atoms with Gasteiger partial charge in [-0.3, -0.25) is 4.79 Å². The summed E-state index contributed by atoms with van der Waals surface area (Å²) in [6.45, 7) is 0.631. The zero-order valence-corrected chi connectivity index (χ0v) is 11.5. The smallest absolute Gasteiger partial charge is 0.234 e. The summed E-state index contributed by atoms with van der Waals surface area (Å²) < 4.78 is 17.8. The average molecular weight is 298 g/mol. The van der Waals surface area contributed by atoms with Gasteiger partial charge in [0.25, 0.3) is 0 Å². The Balaban J connectivity index is 1.71. The highest BCUT2D eigenvalue weighted by Crippen LogP contribution is 2.08. The van der Waals surface area contributed by atoms with E-state index in [1.807, 2.05) is 0 Å². The predicted octanol–water partition coefficient (Wildman–Crippen LogP) is -0.848. The molecule has 6 nitrogen and oxygen atoms in total. The summed E-state index contributed by atoms with van der Waals surface area (Å²) in [7, 11) is 0. The molecular formula is C14H19FN2O4. The minimum Gasteiger partial charge on any atom is -0.389 e. The maximum Gasteiger partial charge on any atom is 0.234 e. The van der Waals surface area contributed by atoms with E-state index in [4.69, 9.17) is 4.74 Å². The summed E-state index contributed by atoms with van der Waals surface area (Å²) in [6.07, 6.45) is -1.90. The third-order valence-corrected chi connectivity index (χ3v) is 3.32. The van der Waals surface area contributed by atoms with Crippen LogP contribution in [0.25, 0.3) is 0 Å². The number of nitrogens with one attached hydrogen (secondary N) is 2. The molecule has 1 aliphatic rings. The van der Waals surface area contributed by atoms with Gasteiger partial charge in [-0.15, -0.1) is 0 Å². The molecule has 2 rings (SSSR count). The summed E-state index contributed by atoms with van der Waals surface area (Å²) in [6, 6.07) is 5.37. The average Bonchev–Trinajstić information content (AvgIpc) is 2.48. The molecule has 0 aliphatic carbocycles. The second-order valence-electron chi connectivity index (χ2n) is 4.99. The first kappa shape index (κ1) is 15.8. The number of carbonyl (C=O) groups excluding carboxylic acids is 1. The van der Waals surface area contributed by atoms with Gasteiger partial charge in [0.1, 0.15) is 11.9 Å². The molecule has 1 aliphatic heterocycles. The van der Waals surface area contributed by atoms with Crippen molar-refractivity contribution in [2.75, 3.05) is 19.8 Å². The quantitative estimate of drug-likeness (QED) is 0.569. The van der Waals surface area contributed by atoms with E-state index in [1.54, 1.807) is 12.1 Å². The van der Waals surface area contributed by atoms with Gasteiger partial charge < -0.3 is 25.6 Å². The van der Waals surface area contributed by atoms with Crippen molar-refractivity contribution in [1.29, 1.82) is 0 Å². The van der Waals surface area contributed by atoms with E-state index in [0.717, 1.165) is 5.56 Å². The second kappa shape index (κ2) is 7.46. The number of halogens is 1. The van der Waals surface area contributed by atoms with Crippen molar-refractivity contribution in [3.05, 3.63) is 35.6 Å². The molecule has 1 aromatic rings. The molecule has 1 fully saturated rings. The Morgan fingerprint density at radius 1 is 1.29 bits per heavy atom. The monoisotopic (exact) mass is 298 g/mol. The molecule has 0 aromatic heterocycles. The van der Waals surface area contributed by atoms with Gasteiger partial charge in [0, 0.05) is 6.54 Å². The summed E-state index contributed by atoms with van der Waals surface area (Å²) in [5.41, 5.74) is 0.793. The number of benzene rings is 1. The topological polar surface area (TPSA) is 90.8 Å². The molecule has 116 valence electrons. The molecule has 1 saturated heterocycles. The molecule has 4 N–H and O–H groups in total. The lowest BCUT2D eigenvalue weighted by Crippen LogP contribution is -2.55. The van der Waals surface area contributed by atoms with Crippen molar-refractivity contribution >= 4 is 5.91 Å². The fourth-order valence-corrected chi connectivity index (χ4v) is 2.05. The van der Waals surface area contributed by atoms with Crippen LogP contribution in [0.3, 0.4) is 0 Å². The minimum atomic E-state index is -0.955. The highest BCUT2D eigenvalue weighted by molar-refractivity contribution is 5.78. The van der Waals surface area contributed by atoms with E-state index in [9.17, 15) is 19.4 Å². The standard InChI is InChI=1S/C14H19FN2O4/c15-10-3-1-9(2-4-10)5-17-13(19)6-16-11-7-21-8-12(18)14(11)20/h1-4,11-12,14,16,18,20H,5-8H2,(H,17,19)/t11-,12-,14+/m1/s1. The van der Waals surface area contributed by atoms with Crippen molar-refractivity contribution in [3.8, 4) is 0 Å². The van der Waals surface area contributed by atoms with Gasteiger partial charge >= 0.3 is 0 Å². The number of hydrogen-bond donors (Lipinski definition) is 4. The van der Waals surface area contributed by atoms with Crippen molar-refractivity contribution in [2.45, 2.75) is 24.8 Å². The summed E-state index contributed by atoms with van der Waals surface area (Å²) >= 11 is 0. The minimum absolute atomic E-state index is 0.000991. The van der Waals surface area contributed by atoms with E-state index in [0.29, 0.717) is 6.54 Å². The van der Waals surface area contributed by atoms with Crippen LogP contribution in [-0.2, 0) is 16.1 Å². The van der Waals surface area contributed by atoms with Gasteiger partial charge in [-0.05, 0) is 17.7 Å². The van der Waals surface area contributed by atoms with E-state index in [2.05, 4.69) is 10.6 Å². The lowest BCUT2D eigenvalue weighted by atomic mass is 10.0. The van der Waals surface area contributed by atoms with Crippen LogP contribution in [0.4, 0.5) is 4.39 Å². The molecular weight excluding hydrogens is 279 g/mol. The Labute approximate surface area is 121 Å². The first-order valence-electron chi connectivity index (χ1n) is 6.74. The van der Waals surface area contributed by atoms with Crippen molar-refractivity contribution in [3.63, 3.8) is 0 Å². The number of hydrogen-bond acceptors (Lipinski definition) is 5. The summed E-state index contributed by atoms with van der Waals surface area (Å²) in [4.78, 5) is 11.7. The van der Waals surface area contributed by atoms with Gasteiger partial charge in [-0.2, -0.15) is 0 Å². The van der Waals surface area contributed by atoms with Crippen molar-refractivity contribution in [1.82, 2.24) is 10.6 Å². The van der Waals surface area contributed by atoms with Crippen LogP contribution in [0.1, 0.15) is 5.56 Å². The third-order valence-electron chi connectivity index (χ3n) is 3.32. The molecule has 0 spiro atoms. The number of aliphatic hydroxyl groups is 2. The molecule has 0 saturated carbocycles. The van der Waals surface area contributed by atoms with Gasteiger partial charge in [0.15, 0.2) is 0 Å². The van der Waals surface area contributed by atoms with E-state index >= 15 is 0 Å². The molecule has 0 bridgehead atoms. The Kier molecular flexibility index (Phi) is 5.63. The molecule has 21 heavy (non-hydrogen) atoms. The van der Waals surface area contributed by atoms with Gasteiger partial charge in [0.05, 0.1) is 31.9 Å².